The molecule has 1 aliphatic heterocycles. The molecular formula is C4H11BN2O. The van der Waals surface area contributed by atoms with Crippen LogP contribution in [0.1, 0.15) is 0 Å². The second-order valence-corrected chi connectivity index (χ2v) is 2.31. The molecule has 0 radical (unpaired) electrons. The first kappa shape index (κ1) is 6.07. The second-order valence-electron chi connectivity index (χ2n) is 2.31. The molecule has 0 aliphatic carbocycles. The maximum atomic E-state index is 9.08. The highest BCUT2D eigenvalue weighted by molar-refractivity contribution is 6.12. The van der Waals surface area contributed by atoms with Gasteiger partial charge in [0, 0.05) is 13.1 Å². The van der Waals surface area contributed by atoms with Crippen molar-refractivity contribution in [3.63, 3.8) is 0 Å². The van der Waals surface area contributed by atoms with Crippen LogP contribution in [0.25, 0.3) is 0 Å². The Morgan fingerprint density at radius 2 is 2.00 bits per heavy atom. The van der Waals surface area contributed by atoms with Crippen molar-refractivity contribution in [3.05, 3.63) is 0 Å². The third kappa shape index (κ3) is 1.21. The van der Waals surface area contributed by atoms with Crippen molar-refractivity contribution in [2.45, 2.75) is 11.9 Å². The van der Waals surface area contributed by atoms with E-state index < -0.39 is 0 Å². The Morgan fingerprint density at radius 3 is 2.38 bits per heavy atom. The van der Waals surface area contributed by atoms with Gasteiger partial charge >= 0.3 is 0 Å². The Hall–Kier alpha value is -0.0551. The van der Waals surface area contributed by atoms with E-state index >= 15 is 0 Å². The van der Waals surface area contributed by atoms with Crippen molar-refractivity contribution < 1.29 is 5.11 Å². The van der Waals surface area contributed by atoms with E-state index in [4.69, 9.17) is 5.11 Å². The Kier molecular flexibility index (Phi) is 1.88. The van der Waals surface area contributed by atoms with Crippen molar-refractivity contribution in [2.24, 2.45) is 0 Å². The lowest BCUT2D eigenvalue weighted by molar-refractivity contribution is 0.134. The minimum atomic E-state index is -0.170. The standard InChI is InChI=1S/C4H11BN2O/c5-3-1-6-7-2-4(3)8/h3-4,6-8H,1-2,5H2/t3-,4-/m1/s1. The van der Waals surface area contributed by atoms with Crippen molar-refractivity contribution in [2.75, 3.05) is 13.1 Å². The van der Waals surface area contributed by atoms with Gasteiger partial charge in [-0.25, -0.2) is 0 Å². The summed E-state index contributed by atoms with van der Waals surface area (Å²) in [5, 5.41) is 9.08. The Labute approximate surface area is 49.8 Å². The van der Waals surface area contributed by atoms with Crippen molar-refractivity contribution in [3.8, 4) is 0 Å². The van der Waals surface area contributed by atoms with Crippen LogP contribution in [0.5, 0.6) is 0 Å². The van der Waals surface area contributed by atoms with Gasteiger partial charge in [-0.05, 0) is 5.82 Å². The number of rotatable bonds is 0. The van der Waals surface area contributed by atoms with E-state index in [9.17, 15) is 0 Å². The fourth-order valence-electron chi connectivity index (χ4n) is 0.747. The quantitative estimate of drug-likeness (QED) is 0.315. The van der Waals surface area contributed by atoms with Crippen LogP contribution >= 0.6 is 0 Å². The van der Waals surface area contributed by atoms with Crippen LogP contribution in [0.15, 0.2) is 0 Å². The fraction of sp³-hybridized carbons (Fsp3) is 1.00. The van der Waals surface area contributed by atoms with Gasteiger partial charge in [0.15, 0.2) is 0 Å². The number of β-amino-alcohol motifs (C(OH)–C–C–N with tert-alkyl or cyclic N) is 1. The van der Waals surface area contributed by atoms with Crippen LogP contribution in [0.2, 0.25) is 5.82 Å². The molecule has 0 spiro atoms. The van der Waals surface area contributed by atoms with Gasteiger partial charge in [-0.1, -0.05) is 0 Å². The molecule has 3 nitrogen and oxygen atoms in total. The predicted octanol–water partition coefficient (Wildman–Crippen LogP) is -2.12. The lowest BCUT2D eigenvalue weighted by atomic mass is 9.82. The van der Waals surface area contributed by atoms with Gasteiger partial charge in [0.25, 0.3) is 0 Å². The molecule has 1 saturated heterocycles. The van der Waals surface area contributed by atoms with Crippen LogP contribution in [-0.2, 0) is 0 Å². The van der Waals surface area contributed by atoms with Gasteiger partial charge in [-0.3, -0.25) is 10.9 Å². The van der Waals surface area contributed by atoms with E-state index in [1.54, 1.807) is 0 Å². The molecule has 0 aromatic carbocycles. The first-order valence-electron chi connectivity index (χ1n) is 2.94. The molecule has 0 amide bonds. The van der Waals surface area contributed by atoms with Crippen LogP contribution in [0.3, 0.4) is 0 Å². The minimum absolute atomic E-state index is 0.170. The smallest absolute Gasteiger partial charge is 0.110 e. The minimum Gasteiger partial charge on any atom is -0.392 e. The largest absolute Gasteiger partial charge is 0.392 e. The number of hydrogen-bond acceptors (Lipinski definition) is 3. The van der Waals surface area contributed by atoms with Gasteiger partial charge < -0.3 is 5.11 Å². The highest BCUT2D eigenvalue weighted by atomic mass is 16.3. The van der Waals surface area contributed by atoms with Crippen molar-refractivity contribution >= 4 is 7.85 Å². The fourth-order valence-corrected chi connectivity index (χ4v) is 0.747. The number of aliphatic hydroxyl groups excluding tert-OH is 1. The summed E-state index contributed by atoms with van der Waals surface area (Å²) in [4.78, 5) is 0. The molecule has 0 bridgehead atoms. The zero-order valence-electron chi connectivity index (χ0n) is 5.02. The number of aliphatic hydroxyl groups is 1. The third-order valence-electron chi connectivity index (χ3n) is 1.52. The monoisotopic (exact) mass is 114 g/mol. The maximum absolute atomic E-state index is 9.08. The highest BCUT2D eigenvalue weighted by Gasteiger charge is 2.16. The number of nitrogens with one attached hydrogen (secondary N) is 2. The van der Waals surface area contributed by atoms with E-state index in [-0.39, 0.29) is 6.10 Å². The summed E-state index contributed by atoms with van der Waals surface area (Å²) >= 11 is 0. The van der Waals surface area contributed by atoms with Crippen LogP contribution in [0, 0.1) is 0 Å². The van der Waals surface area contributed by atoms with Gasteiger partial charge in [-0.2, -0.15) is 0 Å². The summed E-state index contributed by atoms with van der Waals surface area (Å²) in [5.41, 5.74) is 5.82. The van der Waals surface area contributed by atoms with Gasteiger partial charge in [0.05, 0.1) is 6.10 Å². The molecule has 1 fully saturated rings. The van der Waals surface area contributed by atoms with Crippen LogP contribution < -0.4 is 10.9 Å². The first-order valence-corrected chi connectivity index (χ1v) is 2.94. The molecule has 2 atom stereocenters. The highest BCUT2D eigenvalue weighted by Crippen LogP contribution is 2.05. The number of hydrogen-bond donors (Lipinski definition) is 3. The van der Waals surface area contributed by atoms with Gasteiger partial charge in [0.1, 0.15) is 7.85 Å². The molecule has 4 heteroatoms. The van der Waals surface area contributed by atoms with Crippen molar-refractivity contribution in [1.82, 2.24) is 10.9 Å². The maximum Gasteiger partial charge on any atom is 0.110 e. The molecule has 0 unspecified atom stereocenters. The summed E-state index contributed by atoms with van der Waals surface area (Å²) in [6.45, 7) is 1.53. The molecule has 0 aromatic heterocycles. The van der Waals surface area contributed by atoms with Gasteiger partial charge in [0.2, 0.25) is 0 Å². The average molecular weight is 114 g/mol. The zero-order chi connectivity index (χ0) is 5.98. The predicted molar refractivity (Wildman–Crippen MR) is 34.3 cm³/mol. The summed E-state index contributed by atoms with van der Waals surface area (Å²) in [7, 11) is 2.03. The molecule has 1 rings (SSSR count). The molecule has 0 saturated carbocycles. The van der Waals surface area contributed by atoms with E-state index in [2.05, 4.69) is 10.9 Å². The van der Waals surface area contributed by atoms with Crippen LogP contribution in [0.4, 0.5) is 0 Å². The zero-order valence-corrected chi connectivity index (χ0v) is 5.02. The summed E-state index contributed by atoms with van der Waals surface area (Å²) in [6.07, 6.45) is -0.170. The Balaban J connectivity index is 2.28. The van der Waals surface area contributed by atoms with E-state index in [0.717, 1.165) is 6.54 Å². The van der Waals surface area contributed by atoms with E-state index in [1.165, 1.54) is 0 Å². The lowest BCUT2D eigenvalue weighted by Gasteiger charge is -2.25. The molecular weight excluding hydrogens is 103 g/mol. The normalized spacial score (nSPS) is 39.6. The molecule has 1 aliphatic rings. The average Bonchev–Trinajstić information content (AvgIpc) is 1.77. The molecule has 8 heavy (non-hydrogen) atoms. The van der Waals surface area contributed by atoms with Crippen molar-refractivity contribution in [1.29, 1.82) is 0 Å². The molecule has 1 heterocycles. The summed E-state index contributed by atoms with van der Waals surface area (Å²) < 4.78 is 0. The summed E-state index contributed by atoms with van der Waals surface area (Å²) in [6, 6.07) is 0. The van der Waals surface area contributed by atoms with Crippen LogP contribution in [-0.4, -0.2) is 32.1 Å². The van der Waals surface area contributed by atoms with E-state index in [0.29, 0.717) is 12.4 Å². The lowest BCUT2D eigenvalue weighted by Crippen LogP contribution is -2.48. The first-order chi connectivity index (χ1) is 3.80. The second kappa shape index (κ2) is 2.48. The summed E-state index contributed by atoms with van der Waals surface area (Å²) in [5.74, 6) is 0.385. The number of hydrazine groups is 1. The molecule has 0 aromatic rings. The van der Waals surface area contributed by atoms with Gasteiger partial charge in [-0.15, -0.1) is 0 Å². The molecule has 3 N–H and O–H groups in total. The van der Waals surface area contributed by atoms with E-state index in [1.807, 2.05) is 7.85 Å². The topological polar surface area (TPSA) is 44.3 Å². The Bertz CT molecular complexity index is 70.4. The third-order valence-corrected chi connectivity index (χ3v) is 1.52. The Morgan fingerprint density at radius 1 is 1.38 bits per heavy atom. The SMILES string of the molecule is B[C@@H]1CNNC[C@H]1O. The molecule has 46 valence electrons.